The van der Waals surface area contributed by atoms with E-state index in [1.54, 1.807) is 24.3 Å². The van der Waals surface area contributed by atoms with Gasteiger partial charge in [0.2, 0.25) is 5.91 Å². The third kappa shape index (κ3) is 4.81. The Bertz CT molecular complexity index is 583. The van der Waals surface area contributed by atoms with Crippen LogP contribution in [0.5, 0.6) is 0 Å². The molecule has 1 aromatic carbocycles. The quantitative estimate of drug-likeness (QED) is 0.743. The van der Waals surface area contributed by atoms with Crippen molar-refractivity contribution in [2.24, 2.45) is 5.92 Å². The van der Waals surface area contributed by atoms with Gasteiger partial charge in [-0.15, -0.1) is 0 Å². The van der Waals surface area contributed by atoms with Crippen LogP contribution in [0.25, 0.3) is 0 Å². The van der Waals surface area contributed by atoms with Crippen LogP contribution in [0.2, 0.25) is 0 Å². The molecule has 0 heterocycles. The average molecular weight is 318 g/mol. The molecule has 0 aliphatic heterocycles. The maximum Gasteiger partial charge on any atom is 0.308 e. The second-order valence-electron chi connectivity index (χ2n) is 5.92. The van der Waals surface area contributed by atoms with E-state index in [0.29, 0.717) is 24.1 Å². The van der Waals surface area contributed by atoms with Gasteiger partial charge >= 0.3 is 5.97 Å². The van der Waals surface area contributed by atoms with Crippen LogP contribution in [0.15, 0.2) is 24.3 Å². The highest BCUT2D eigenvalue weighted by molar-refractivity contribution is 5.96. The average Bonchev–Trinajstić information content (AvgIpc) is 2.72. The van der Waals surface area contributed by atoms with Crippen LogP contribution in [0.3, 0.4) is 0 Å². The molecule has 2 amide bonds. The fourth-order valence-electron chi connectivity index (χ4n) is 2.94. The Morgan fingerprint density at radius 2 is 1.70 bits per heavy atom. The number of carbonyl (C=O) groups excluding carboxylic acids is 2. The van der Waals surface area contributed by atoms with Gasteiger partial charge in [0.1, 0.15) is 0 Å². The first-order chi connectivity index (χ1) is 11.0. The summed E-state index contributed by atoms with van der Waals surface area (Å²) in [7, 11) is 0. The van der Waals surface area contributed by atoms with Gasteiger partial charge in [-0.05, 0) is 37.1 Å². The third-order valence-corrected chi connectivity index (χ3v) is 4.12. The molecule has 2 rings (SSSR count). The molecule has 124 valence electrons. The summed E-state index contributed by atoms with van der Waals surface area (Å²) < 4.78 is 0. The lowest BCUT2D eigenvalue weighted by Crippen LogP contribution is -2.42. The van der Waals surface area contributed by atoms with Crippen LogP contribution in [-0.2, 0) is 9.59 Å². The van der Waals surface area contributed by atoms with E-state index in [1.165, 1.54) is 6.92 Å². The molecule has 1 aliphatic rings. The maximum atomic E-state index is 12.3. The molecule has 6 heteroatoms. The van der Waals surface area contributed by atoms with Crippen LogP contribution >= 0.6 is 0 Å². The summed E-state index contributed by atoms with van der Waals surface area (Å²) >= 11 is 0. The van der Waals surface area contributed by atoms with Crippen molar-refractivity contribution in [2.75, 3.05) is 5.32 Å². The first-order valence-electron chi connectivity index (χ1n) is 7.88. The molecular weight excluding hydrogens is 296 g/mol. The molecule has 0 aromatic heterocycles. The highest BCUT2D eigenvalue weighted by atomic mass is 16.4. The van der Waals surface area contributed by atoms with E-state index < -0.39 is 11.9 Å². The number of anilines is 1. The maximum absolute atomic E-state index is 12.3. The van der Waals surface area contributed by atoms with Crippen LogP contribution < -0.4 is 10.6 Å². The Hall–Kier alpha value is -2.37. The molecular formula is C17H22N2O4. The standard InChI is InChI=1S/C17H22N2O4/c1-11(20)18-13-9-7-12(8-10-13)16(21)19-15-6-4-2-3-5-14(15)17(22)23/h7-10,14-15H,2-6H2,1H3,(H,18,20)(H,19,21)(H,22,23)/t14-,15+/m1/s1. The van der Waals surface area contributed by atoms with Crippen molar-refractivity contribution in [1.82, 2.24) is 5.32 Å². The number of carbonyl (C=O) groups is 3. The van der Waals surface area contributed by atoms with Gasteiger partial charge in [0, 0.05) is 24.2 Å². The molecule has 0 saturated heterocycles. The summed E-state index contributed by atoms with van der Waals surface area (Å²) in [4.78, 5) is 34.7. The Morgan fingerprint density at radius 3 is 2.30 bits per heavy atom. The predicted molar refractivity (Wildman–Crippen MR) is 86.2 cm³/mol. The van der Waals surface area contributed by atoms with Crippen LogP contribution in [-0.4, -0.2) is 28.9 Å². The second kappa shape index (κ2) is 7.76. The largest absolute Gasteiger partial charge is 0.481 e. The molecule has 1 aromatic rings. The van der Waals surface area contributed by atoms with Crippen LogP contribution in [0.1, 0.15) is 49.4 Å². The first-order valence-corrected chi connectivity index (χ1v) is 7.88. The zero-order chi connectivity index (χ0) is 16.8. The minimum atomic E-state index is -0.849. The van der Waals surface area contributed by atoms with Gasteiger partial charge in [-0.2, -0.15) is 0 Å². The predicted octanol–water partition coefficient (Wildman–Crippen LogP) is 2.41. The molecule has 1 saturated carbocycles. The van der Waals surface area contributed by atoms with Crippen molar-refractivity contribution in [3.05, 3.63) is 29.8 Å². The molecule has 23 heavy (non-hydrogen) atoms. The number of aliphatic carboxylic acids is 1. The highest BCUT2D eigenvalue weighted by Gasteiger charge is 2.30. The summed E-state index contributed by atoms with van der Waals surface area (Å²) in [5.41, 5.74) is 1.07. The third-order valence-electron chi connectivity index (χ3n) is 4.12. The zero-order valence-electron chi connectivity index (χ0n) is 13.2. The highest BCUT2D eigenvalue weighted by Crippen LogP contribution is 2.24. The van der Waals surface area contributed by atoms with Gasteiger partial charge in [-0.3, -0.25) is 14.4 Å². The van der Waals surface area contributed by atoms with Crippen molar-refractivity contribution in [1.29, 1.82) is 0 Å². The van der Waals surface area contributed by atoms with Gasteiger partial charge in [-0.25, -0.2) is 0 Å². The van der Waals surface area contributed by atoms with Crippen LogP contribution in [0.4, 0.5) is 5.69 Å². The number of amides is 2. The minimum absolute atomic E-state index is 0.176. The Morgan fingerprint density at radius 1 is 1.04 bits per heavy atom. The lowest BCUT2D eigenvalue weighted by atomic mass is 9.94. The number of nitrogens with one attached hydrogen (secondary N) is 2. The summed E-state index contributed by atoms with van der Waals surface area (Å²) in [6.45, 7) is 1.42. The molecule has 0 bridgehead atoms. The lowest BCUT2D eigenvalue weighted by molar-refractivity contribution is -0.142. The molecule has 3 N–H and O–H groups in total. The molecule has 0 spiro atoms. The Labute approximate surface area is 135 Å². The number of benzene rings is 1. The van der Waals surface area contributed by atoms with Gasteiger partial charge < -0.3 is 15.7 Å². The SMILES string of the molecule is CC(=O)Nc1ccc(C(=O)N[C@H]2CCCCC[C@H]2C(=O)O)cc1. The Balaban J connectivity index is 2.04. The van der Waals surface area contributed by atoms with Gasteiger partial charge in [-0.1, -0.05) is 19.3 Å². The molecule has 2 atom stereocenters. The van der Waals surface area contributed by atoms with Crippen molar-refractivity contribution in [2.45, 2.75) is 45.1 Å². The van der Waals surface area contributed by atoms with E-state index in [9.17, 15) is 19.5 Å². The van der Waals surface area contributed by atoms with Gasteiger partial charge in [0.15, 0.2) is 0 Å². The Kier molecular flexibility index (Phi) is 5.73. The zero-order valence-corrected chi connectivity index (χ0v) is 13.2. The van der Waals surface area contributed by atoms with Crippen molar-refractivity contribution >= 4 is 23.5 Å². The monoisotopic (exact) mass is 318 g/mol. The van der Waals surface area contributed by atoms with E-state index in [-0.39, 0.29) is 17.9 Å². The molecule has 1 aliphatic carbocycles. The van der Waals surface area contributed by atoms with E-state index in [2.05, 4.69) is 10.6 Å². The number of hydrogen-bond donors (Lipinski definition) is 3. The number of carboxylic acids is 1. The fraction of sp³-hybridized carbons (Fsp3) is 0.471. The van der Waals surface area contributed by atoms with Gasteiger partial charge in [0.05, 0.1) is 5.92 Å². The van der Waals surface area contributed by atoms with Crippen LogP contribution in [0, 0.1) is 5.92 Å². The summed E-state index contributed by atoms with van der Waals surface area (Å²) in [6.07, 6.45) is 4.10. The number of carboxylic acid groups (broad SMARTS) is 1. The first kappa shape index (κ1) is 17.0. The van der Waals surface area contributed by atoms with Crippen molar-refractivity contribution in [3.63, 3.8) is 0 Å². The topological polar surface area (TPSA) is 95.5 Å². The lowest BCUT2D eigenvalue weighted by Gasteiger charge is -2.23. The molecule has 1 fully saturated rings. The van der Waals surface area contributed by atoms with E-state index in [1.807, 2.05) is 0 Å². The summed E-state index contributed by atoms with van der Waals surface area (Å²) in [5, 5.41) is 14.8. The number of hydrogen-bond acceptors (Lipinski definition) is 3. The summed E-state index contributed by atoms with van der Waals surface area (Å²) in [5.74, 6) is -1.83. The fourth-order valence-corrected chi connectivity index (χ4v) is 2.94. The van der Waals surface area contributed by atoms with Crippen molar-refractivity contribution < 1.29 is 19.5 Å². The molecule has 0 radical (unpaired) electrons. The molecule has 6 nitrogen and oxygen atoms in total. The number of rotatable bonds is 4. The minimum Gasteiger partial charge on any atom is -0.481 e. The van der Waals surface area contributed by atoms with E-state index >= 15 is 0 Å². The van der Waals surface area contributed by atoms with E-state index in [4.69, 9.17) is 0 Å². The summed E-state index contributed by atoms with van der Waals surface area (Å²) in [6, 6.07) is 6.20. The van der Waals surface area contributed by atoms with Crippen molar-refractivity contribution in [3.8, 4) is 0 Å². The normalized spacial score (nSPS) is 21.1. The van der Waals surface area contributed by atoms with E-state index in [0.717, 1.165) is 19.3 Å². The molecule has 0 unspecified atom stereocenters. The second-order valence-corrected chi connectivity index (χ2v) is 5.92. The smallest absolute Gasteiger partial charge is 0.308 e. The van der Waals surface area contributed by atoms with Gasteiger partial charge in [0.25, 0.3) is 5.91 Å².